The van der Waals surface area contributed by atoms with Gasteiger partial charge in [0.05, 0.1) is 24.5 Å². The summed E-state index contributed by atoms with van der Waals surface area (Å²) in [5.41, 5.74) is 0.775. The lowest BCUT2D eigenvalue weighted by atomic mass is 9.51. The van der Waals surface area contributed by atoms with Crippen molar-refractivity contribution >= 4 is 33.2 Å². The molecule has 240 valence electrons. The topological polar surface area (TPSA) is 94.2 Å². The Bertz CT molecular complexity index is 1480. The standard InChI is InChI=1S/C34H45ClN2O6S/c1-22-29(41-3)8-5-9-30(42-4)27-12-10-24(27)19-37-20-34(15-6-7-25-18-26(35)14-16-33(25,34)2)21-43-31-13-11-23(17-28(31)37)32(38)36-44(22,39)40/h5,9,11,13-14,16-18,22,24-25,27,29-30H,6-8,10,12,15,19-21H2,1-4H3,(H,36,38)/b9-5+/t22-,24-,25?,27+,29+,30-,33?,34-/m0/s1. The molecule has 1 spiro atoms. The first-order valence-electron chi connectivity index (χ1n) is 15.9. The number of allylic oxidation sites excluding steroid dienone is 4. The van der Waals surface area contributed by atoms with E-state index < -0.39 is 27.3 Å². The van der Waals surface area contributed by atoms with Crippen molar-refractivity contribution in [3.05, 3.63) is 59.2 Å². The van der Waals surface area contributed by atoms with Crippen LogP contribution in [0.5, 0.6) is 5.75 Å². The largest absolute Gasteiger partial charge is 0.491 e. The summed E-state index contributed by atoms with van der Waals surface area (Å²) in [6.07, 6.45) is 15.6. The third-order valence-electron chi connectivity index (χ3n) is 11.5. The number of carbonyl (C=O) groups excluding carboxylic acids is 1. The van der Waals surface area contributed by atoms with Crippen LogP contribution in [-0.4, -0.2) is 65.7 Å². The number of carbonyl (C=O) groups is 1. The van der Waals surface area contributed by atoms with Gasteiger partial charge in [-0.1, -0.05) is 49.2 Å². The fourth-order valence-corrected chi connectivity index (χ4v) is 9.70. The second-order valence-electron chi connectivity index (χ2n) is 13.6. The predicted molar refractivity (Wildman–Crippen MR) is 173 cm³/mol. The second-order valence-corrected chi connectivity index (χ2v) is 16.1. The predicted octanol–water partition coefficient (Wildman–Crippen LogP) is 5.83. The van der Waals surface area contributed by atoms with E-state index in [0.29, 0.717) is 36.5 Å². The Labute approximate surface area is 266 Å². The highest BCUT2D eigenvalue weighted by Crippen LogP contribution is 2.59. The molecule has 2 saturated carbocycles. The van der Waals surface area contributed by atoms with Gasteiger partial charge >= 0.3 is 0 Å². The van der Waals surface area contributed by atoms with E-state index in [1.807, 2.05) is 18.2 Å². The Balaban J connectivity index is 1.42. The van der Waals surface area contributed by atoms with Crippen LogP contribution in [0.15, 0.2) is 53.6 Å². The Kier molecular flexibility index (Phi) is 8.72. The highest BCUT2D eigenvalue weighted by molar-refractivity contribution is 7.90. The van der Waals surface area contributed by atoms with Crippen molar-refractivity contribution in [3.63, 3.8) is 0 Å². The molecule has 2 fully saturated rings. The fourth-order valence-electron chi connectivity index (χ4n) is 8.30. The number of nitrogens with one attached hydrogen (secondary N) is 1. The summed E-state index contributed by atoms with van der Waals surface area (Å²) in [6.45, 7) is 6.02. The van der Waals surface area contributed by atoms with Crippen LogP contribution in [0.2, 0.25) is 0 Å². The van der Waals surface area contributed by atoms with Crippen molar-refractivity contribution in [1.82, 2.24) is 4.72 Å². The maximum Gasteiger partial charge on any atom is 0.264 e. The number of fused-ring (bicyclic) bond motifs is 4. The fraction of sp³-hybridized carbons (Fsp3) is 0.618. The van der Waals surface area contributed by atoms with Gasteiger partial charge in [0, 0.05) is 48.7 Å². The smallest absolute Gasteiger partial charge is 0.264 e. The molecule has 8 nitrogen and oxygen atoms in total. The SMILES string of the molecule is CO[C@H]1/C=C/C[C@@H](OC)[C@H](C)S(=O)(=O)NC(=O)c2ccc3c(c2)N(C[C@@H]2CC[C@H]21)C[C@@]1(CCCC2C=C(Cl)C=CC21C)CO3. The lowest BCUT2D eigenvalue weighted by molar-refractivity contribution is -0.0251. The molecule has 0 aromatic heterocycles. The molecule has 0 saturated heterocycles. The highest BCUT2D eigenvalue weighted by Gasteiger charge is 2.56. The number of sulfonamides is 1. The van der Waals surface area contributed by atoms with E-state index in [9.17, 15) is 13.2 Å². The highest BCUT2D eigenvalue weighted by atomic mass is 35.5. The number of nitrogens with zero attached hydrogens (tertiary/aromatic N) is 1. The maximum atomic E-state index is 13.5. The minimum absolute atomic E-state index is 0.0843. The number of benzene rings is 1. The van der Waals surface area contributed by atoms with E-state index in [1.165, 1.54) is 7.11 Å². The van der Waals surface area contributed by atoms with Crippen LogP contribution in [-0.2, 0) is 19.5 Å². The number of hydrogen-bond acceptors (Lipinski definition) is 7. The van der Waals surface area contributed by atoms with Gasteiger partial charge in [-0.05, 0) is 81.1 Å². The number of amides is 1. The third kappa shape index (κ3) is 5.52. The molecule has 5 aliphatic rings. The van der Waals surface area contributed by atoms with E-state index in [2.05, 4.69) is 34.8 Å². The number of ether oxygens (including phenoxy) is 3. The molecule has 1 aromatic carbocycles. The molecule has 1 aromatic rings. The molecule has 0 radical (unpaired) electrons. The van der Waals surface area contributed by atoms with Crippen molar-refractivity contribution in [1.29, 1.82) is 0 Å². The van der Waals surface area contributed by atoms with Crippen molar-refractivity contribution in [2.24, 2.45) is 28.6 Å². The second kappa shape index (κ2) is 12.1. The molecular formula is C34H45ClN2O6S. The number of anilines is 1. The van der Waals surface area contributed by atoms with Gasteiger partial charge in [-0.3, -0.25) is 4.79 Å². The van der Waals surface area contributed by atoms with E-state index in [-0.39, 0.29) is 22.5 Å². The van der Waals surface area contributed by atoms with Gasteiger partial charge in [0.2, 0.25) is 10.0 Å². The quantitative estimate of drug-likeness (QED) is 0.405. The van der Waals surface area contributed by atoms with Crippen LogP contribution in [0.4, 0.5) is 5.69 Å². The van der Waals surface area contributed by atoms with Gasteiger partial charge in [-0.15, -0.1) is 0 Å². The molecule has 2 unspecified atom stereocenters. The summed E-state index contributed by atoms with van der Waals surface area (Å²) in [5, 5.41) is -0.154. The molecule has 44 heavy (non-hydrogen) atoms. The van der Waals surface area contributed by atoms with Crippen molar-refractivity contribution in [3.8, 4) is 5.75 Å². The molecule has 1 N–H and O–H groups in total. The average Bonchev–Trinajstić information content (AvgIpc) is 3.14. The van der Waals surface area contributed by atoms with Crippen molar-refractivity contribution in [2.45, 2.75) is 69.8 Å². The van der Waals surface area contributed by atoms with Gasteiger partial charge in [-0.25, -0.2) is 13.1 Å². The lowest BCUT2D eigenvalue weighted by Gasteiger charge is -2.56. The summed E-state index contributed by atoms with van der Waals surface area (Å²) < 4.78 is 47.2. The zero-order chi connectivity index (χ0) is 31.3. The summed E-state index contributed by atoms with van der Waals surface area (Å²) >= 11 is 6.50. The molecule has 3 aliphatic carbocycles. The number of methoxy groups -OCH3 is 2. The van der Waals surface area contributed by atoms with Crippen LogP contribution >= 0.6 is 11.6 Å². The Morgan fingerprint density at radius 2 is 1.98 bits per heavy atom. The Morgan fingerprint density at radius 1 is 1.16 bits per heavy atom. The summed E-state index contributed by atoms with van der Waals surface area (Å²) in [4.78, 5) is 15.9. The summed E-state index contributed by atoms with van der Waals surface area (Å²) in [6, 6.07) is 5.29. The molecule has 8 atom stereocenters. The number of rotatable bonds is 2. The van der Waals surface area contributed by atoms with Crippen LogP contribution < -0.4 is 14.4 Å². The normalized spacial score (nSPS) is 39.1. The number of halogens is 1. The Hall–Kier alpha value is -2.33. The molecule has 1 amide bonds. The summed E-state index contributed by atoms with van der Waals surface area (Å²) in [5.74, 6) is 1.09. The minimum Gasteiger partial charge on any atom is -0.491 e. The third-order valence-corrected chi connectivity index (χ3v) is 13.5. The molecule has 6 rings (SSSR count). The van der Waals surface area contributed by atoms with Gasteiger partial charge in [-0.2, -0.15) is 0 Å². The molecule has 2 bridgehead atoms. The molecule has 10 heteroatoms. The average molecular weight is 645 g/mol. The molecule has 2 aliphatic heterocycles. The van der Waals surface area contributed by atoms with Crippen molar-refractivity contribution in [2.75, 3.05) is 38.8 Å². The monoisotopic (exact) mass is 644 g/mol. The van der Waals surface area contributed by atoms with Crippen LogP contribution in [0, 0.1) is 28.6 Å². The van der Waals surface area contributed by atoms with Gasteiger partial charge in [0.15, 0.2) is 0 Å². The first kappa shape index (κ1) is 31.6. The van der Waals surface area contributed by atoms with Gasteiger partial charge in [0.25, 0.3) is 5.91 Å². The zero-order valence-electron chi connectivity index (χ0n) is 26.1. The molecular weight excluding hydrogens is 600 g/mol. The lowest BCUT2D eigenvalue weighted by Crippen LogP contribution is -2.56. The zero-order valence-corrected chi connectivity index (χ0v) is 27.7. The summed E-state index contributed by atoms with van der Waals surface area (Å²) in [7, 11) is -0.784. The van der Waals surface area contributed by atoms with E-state index in [1.54, 1.807) is 26.2 Å². The molecule has 2 heterocycles. The first-order valence-corrected chi connectivity index (χ1v) is 17.8. The van der Waals surface area contributed by atoms with E-state index >= 15 is 0 Å². The van der Waals surface area contributed by atoms with Crippen LogP contribution in [0.1, 0.15) is 62.7 Å². The maximum absolute atomic E-state index is 13.5. The minimum atomic E-state index is -4.02. The van der Waals surface area contributed by atoms with Gasteiger partial charge < -0.3 is 19.1 Å². The van der Waals surface area contributed by atoms with Gasteiger partial charge in [0.1, 0.15) is 11.0 Å². The van der Waals surface area contributed by atoms with Crippen LogP contribution in [0.25, 0.3) is 0 Å². The first-order chi connectivity index (χ1) is 21.0. The van der Waals surface area contributed by atoms with Crippen molar-refractivity contribution < 1.29 is 27.4 Å². The Morgan fingerprint density at radius 3 is 2.70 bits per heavy atom. The van der Waals surface area contributed by atoms with Crippen LogP contribution in [0.3, 0.4) is 0 Å². The van der Waals surface area contributed by atoms with E-state index in [4.69, 9.17) is 25.8 Å². The van der Waals surface area contributed by atoms with E-state index in [0.717, 1.165) is 55.9 Å². The number of hydrogen-bond donors (Lipinski definition) is 1.